The van der Waals surface area contributed by atoms with Crippen LogP contribution in [0.5, 0.6) is 0 Å². The Labute approximate surface area is 139 Å². The number of rotatable bonds is 5. The maximum absolute atomic E-state index is 14.0. The van der Waals surface area contributed by atoms with E-state index in [0.717, 1.165) is 11.5 Å². The van der Waals surface area contributed by atoms with E-state index >= 15 is 0 Å². The molecule has 128 valence electrons. The molecular formula is C16H22F2N2O2S. The Morgan fingerprint density at radius 1 is 1.35 bits per heavy atom. The fourth-order valence-corrected chi connectivity index (χ4v) is 3.83. The molecule has 1 unspecified atom stereocenters. The number of likely N-dealkylation sites (N-methyl/N-ethyl adjacent to an activating group) is 1. The monoisotopic (exact) mass is 344 g/mol. The predicted octanol–water partition coefficient (Wildman–Crippen LogP) is 1.94. The highest BCUT2D eigenvalue weighted by molar-refractivity contribution is 7.99. The van der Waals surface area contributed by atoms with Crippen molar-refractivity contribution in [1.82, 2.24) is 10.2 Å². The Kier molecular flexibility index (Phi) is 6.00. The lowest BCUT2D eigenvalue weighted by Crippen LogP contribution is -2.50. The number of thioether (sulfide) groups is 1. The molecule has 1 aromatic rings. The maximum atomic E-state index is 14.0. The van der Waals surface area contributed by atoms with Gasteiger partial charge in [0.25, 0.3) is 5.91 Å². The van der Waals surface area contributed by atoms with Crippen LogP contribution in [0.25, 0.3) is 0 Å². The molecule has 7 heteroatoms. The van der Waals surface area contributed by atoms with Gasteiger partial charge < -0.3 is 15.3 Å². The second kappa shape index (κ2) is 7.59. The Morgan fingerprint density at radius 3 is 2.43 bits per heavy atom. The first-order valence-electron chi connectivity index (χ1n) is 7.54. The lowest BCUT2D eigenvalue weighted by molar-refractivity contribution is -0.140. The molecule has 1 aromatic carbocycles. The Bertz CT molecular complexity index is 543. The van der Waals surface area contributed by atoms with Crippen molar-refractivity contribution in [2.45, 2.75) is 24.5 Å². The summed E-state index contributed by atoms with van der Waals surface area (Å²) in [6, 6.07) is 3.05. The van der Waals surface area contributed by atoms with Gasteiger partial charge in [-0.1, -0.05) is 6.07 Å². The molecule has 0 bridgehead atoms. The summed E-state index contributed by atoms with van der Waals surface area (Å²) < 4.78 is 28.0. The molecule has 1 heterocycles. The maximum Gasteiger partial charge on any atom is 0.252 e. The fraction of sp³-hybridized carbons (Fsp3) is 0.562. The van der Waals surface area contributed by atoms with Crippen molar-refractivity contribution in [2.24, 2.45) is 0 Å². The van der Waals surface area contributed by atoms with Gasteiger partial charge in [0.15, 0.2) is 0 Å². The average molecular weight is 344 g/mol. The van der Waals surface area contributed by atoms with E-state index in [4.69, 9.17) is 0 Å². The SMILES string of the molecule is CN(C)C(CNC(=O)C1(O)CCSCC1)c1c(F)cccc1F. The summed E-state index contributed by atoms with van der Waals surface area (Å²) in [6.45, 7) is 0.0269. The Morgan fingerprint density at radius 2 is 1.91 bits per heavy atom. The van der Waals surface area contributed by atoms with Crippen LogP contribution in [0.1, 0.15) is 24.4 Å². The number of hydrogen-bond acceptors (Lipinski definition) is 4. The molecule has 0 radical (unpaired) electrons. The molecule has 4 nitrogen and oxygen atoms in total. The van der Waals surface area contributed by atoms with E-state index < -0.39 is 29.2 Å². The van der Waals surface area contributed by atoms with Gasteiger partial charge in [0.2, 0.25) is 0 Å². The van der Waals surface area contributed by atoms with E-state index in [1.807, 2.05) is 0 Å². The van der Waals surface area contributed by atoms with Crippen LogP contribution in [0.2, 0.25) is 0 Å². The zero-order chi connectivity index (χ0) is 17.0. The van der Waals surface area contributed by atoms with Gasteiger partial charge in [-0.25, -0.2) is 8.78 Å². The molecule has 1 aliphatic heterocycles. The Balaban J connectivity index is 2.10. The van der Waals surface area contributed by atoms with Gasteiger partial charge in [0.05, 0.1) is 6.04 Å². The third-order valence-electron chi connectivity index (χ3n) is 4.15. The molecule has 1 atom stereocenters. The van der Waals surface area contributed by atoms with Gasteiger partial charge in [-0.15, -0.1) is 0 Å². The minimum Gasteiger partial charge on any atom is -0.380 e. The zero-order valence-corrected chi connectivity index (χ0v) is 14.1. The quantitative estimate of drug-likeness (QED) is 0.857. The van der Waals surface area contributed by atoms with Crippen LogP contribution >= 0.6 is 11.8 Å². The molecule has 1 amide bonds. The Hall–Kier alpha value is -1.18. The summed E-state index contributed by atoms with van der Waals surface area (Å²) >= 11 is 1.70. The van der Waals surface area contributed by atoms with E-state index in [1.165, 1.54) is 18.2 Å². The largest absolute Gasteiger partial charge is 0.380 e. The first-order valence-corrected chi connectivity index (χ1v) is 8.69. The van der Waals surface area contributed by atoms with E-state index in [-0.39, 0.29) is 12.1 Å². The van der Waals surface area contributed by atoms with Crippen molar-refractivity contribution in [1.29, 1.82) is 0 Å². The van der Waals surface area contributed by atoms with Crippen molar-refractivity contribution in [3.8, 4) is 0 Å². The lowest BCUT2D eigenvalue weighted by Gasteiger charge is -2.32. The molecule has 2 N–H and O–H groups in total. The number of carbonyl (C=O) groups is 1. The number of hydrogen-bond donors (Lipinski definition) is 2. The lowest BCUT2D eigenvalue weighted by atomic mass is 9.95. The molecule has 1 saturated heterocycles. The standard InChI is InChI=1S/C16H22F2N2O2S/c1-20(2)13(14-11(17)4-3-5-12(14)18)10-19-15(21)16(22)6-8-23-9-7-16/h3-5,13,22H,6-10H2,1-2H3,(H,19,21). The fourth-order valence-electron chi connectivity index (χ4n) is 2.66. The van der Waals surface area contributed by atoms with Crippen LogP contribution in [-0.2, 0) is 4.79 Å². The number of halogens is 2. The summed E-state index contributed by atoms with van der Waals surface area (Å²) in [5, 5.41) is 13.0. The summed E-state index contributed by atoms with van der Waals surface area (Å²) in [6.07, 6.45) is 0.786. The molecular weight excluding hydrogens is 322 g/mol. The van der Waals surface area contributed by atoms with Crippen LogP contribution in [0.4, 0.5) is 8.78 Å². The molecule has 1 fully saturated rings. The van der Waals surface area contributed by atoms with Crippen molar-refractivity contribution in [3.05, 3.63) is 35.4 Å². The molecule has 0 aromatic heterocycles. The second-order valence-corrected chi connectivity index (χ2v) is 7.19. The van der Waals surface area contributed by atoms with Crippen molar-refractivity contribution in [3.63, 3.8) is 0 Å². The molecule has 0 spiro atoms. The van der Waals surface area contributed by atoms with Gasteiger partial charge in [0.1, 0.15) is 17.2 Å². The predicted molar refractivity (Wildman–Crippen MR) is 87.3 cm³/mol. The molecule has 0 saturated carbocycles. The molecule has 23 heavy (non-hydrogen) atoms. The van der Waals surface area contributed by atoms with Crippen LogP contribution in [0.3, 0.4) is 0 Å². The van der Waals surface area contributed by atoms with Gasteiger partial charge in [0, 0.05) is 12.1 Å². The number of carbonyl (C=O) groups excluding carboxylic acids is 1. The third-order valence-corrected chi connectivity index (χ3v) is 5.14. The highest BCUT2D eigenvalue weighted by atomic mass is 32.2. The molecule has 2 rings (SSSR count). The summed E-state index contributed by atoms with van der Waals surface area (Å²) in [7, 11) is 3.38. The number of nitrogens with zero attached hydrogens (tertiary/aromatic N) is 1. The smallest absolute Gasteiger partial charge is 0.252 e. The van der Waals surface area contributed by atoms with Gasteiger partial charge >= 0.3 is 0 Å². The van der Waals surface area contributed by atoms with Gasteiger partial charge in [-0.05, 0) is 50.6 Å². The van der Waals surface area contributed by atoms with E-state index in [1.54, 1.807) is 30.8 Å². The van der Waals surface area contributed by atoms with Crippen molar-refractivity contribution >= 4 is 17.7 Å². The average Bonchev–Trinajstić information content (AvgIpc) is 2.50. The number of aliphatic hydroxyl groups is 1. The van der Waals surface area contributed by atoms with E-state index in [9.17, 15) is 18.7 Å². The topological polar surface area (TPSA) is 52.6 Å². The highest BCUT2D eigenvalue weighted by Crippen LogP contribution is 2.28. The van der Waals surface area contributed by atoms with Crippen LogP contribution in [0.15, 0.2) is 18.2 Å². The normalized spacial score (nSPS) is 18.7. The van der Waals surface area contributed by atoms with E-state index in [0.29, 0.717) is 12.8 Å². The van der Waals surface area contributed by atoms with Crippen LogP contribution in [-0.4, -0.2) is 53.7 Å². The van der Waals surface area contributed by atoms with Crippen LogP contribution < -0.4 is 5.32 Å². The summed E-state index contributed by atoms with van der Waals surface area (Å²) in [5.41, 5.74) is -1.46. The third kappa shape index (κ3) is 4.22. The minimum atomic E-state index is -1.38. The minimum absolute atomic E-state index is 0.0269. The van der Waals surface area contributed by atoms with Crippen molar-refractivity contribution < 1.29 is 18.7 Å². The van der Waals surface area contributed by atoms with Gasteiger partial charge in [-0.2, -0.15) is 11.8 Å². The molecule has 1 aliphatic rings. The first-order chi connectivity index (χ1) is 10.8. The number of benzene rings is 1. The highest BCUT2D eigenvalue weighted by Gasteiger charge is 2.37. The van der Waals surface area contributed by atoms with Crippen molar-refractivity contribution in [2.75, 3.05) is 32.1 Å². The summed E-state index contributed by atoms with van der Waals surface area (Å²) in [4.78, 5) is 13.9. The number of nitrogens with one attached hydrogen (secondary N) is 1. The zero-order valence-electron chi connectivity index (χ0n) is 13.3. The summed E-state index contributed by atoms with van der Waals surface area (Å²) in [5.74, 6) is -0.316. The number of amides is 1. The first kappa shape index (κ1) is 18.2. The van der Waals surface area contributed by atoms with Gasteiger partial charge in [-0.3, -0.25) is 4.79 Å². The second-order valence-electron chi connectivity index (χ2n) is 5.97. The van der Waals surface area contributed by atoms with E-state index in [2.05, 4.69) is 5.32 Å². The van der Waals surface area contributed by atoms with Crippen LogP contribution in [0, 0.1) is 11.6 Å². The molecule has 0 aliphatic carbocycles.